The van der Waals surface area contributed by atoms with Crippen LogP contribution < -0.4 is 0 Å². The van der Waals surface area contributed by atoms with Gasteiger partial charge in [-0.15, -0.1) is 0 Å². The number of hydrazone groups is 1. The van der Waals surface area contributed by atoms with Crippen LogP contribution >= 0.6 is 22.6 Å². The van der Waals surface area contributed by atoms with Crippen molar-refractivity contribution in [1.29, 1.82) is 0 Å². The second-order valence-electron chi connectivity index (χ2n) is 6.10. The monoisotopic (exact) mass is 406 g/mol. The van der Waals surface area contributed by atoms with Gasteiger partial charge in [-0.1, -0.05) is 30.4 Å². The molecule has 0 N–H and O–H groups in total. The smallest absolute Gasteiger partial charge is 0.254 e. The number of benzene rings is 1. The number of imide groups is 1. The molecule has 2 fully saturated rings. The number of fused-ring (bicyclic) bond motifs is 1. The molecule has 22 heavy (non-hydrogen) atoms. The standard InChI is InChI=1S/C17H15IN2O2/c18-13-4-2-1-3-12(13)9-19-20-16(21)14-10-5-6-11(8-7-10)15(14)17(20)22/h1-6,9-11,14-15H,7-8H2/b19-9-/t10-,11-,14-,15-/m1/s1. The Morgan fingerprint density at radius 1 is 1.05 bits per heavy atom. The molecule has 3 aliphatic carbocycles. The Bertz CT molecular complexity index is 680. The van der Waals surface area contributed by atoms with Crippen LogP contribution in [0.4, 0.5) is 0 Å². The van der Waals surface area contributed by atoms with Crippen LogP contribution in [0, 0.1) is 27.2 Å². The molecular formula is C17H15IN2O2. The normalized spacial score (nSPS) is 33.0. The van der Waals surface area contributed by atoms with Crippen molar-refractivity contribution in [3.05, 3.63) is 45.6 Å². The number of halogens is 1. The van der Waals surface area contributed by atoms with E-state index in [4.69, 9.17) is 0 Å². The molecule has 5 heteroatoms. The van der Waals surface area contributed by atoms with Gasteiger partial charge in [0.1, 0.15) is 0 Å². The Kier molecular flexibility index (Phi) is 3.40. The topological polar surface area (TPSA) is 49.7 Å². The zero-order chi connectivity index (χ0) is 15.3. The van der Waals surface area contributed by atoms with Crippen LogP contribution in [-0.4, -0.2) is 23.0 Å². The first-order chi connectivity index (χ1) is 10.7. The van der Waals surface area contributed by atoms with Crippen LogP contribution in [0.1, 0.15) is 18.4 Å². The lowest BCUT2D eigenvalue weighted by Gasteiger charge is -2.37. The molecule has 4 nitrogen and oxygen atoms in total. The number of carbonyl (C=O) groups excluding carboxylic acids is 2. The van der Waals surface area contributed by atoms with E-state index in [-0.39, 0.29) is 35.5 Å². The van der Waals surface area contributed by atoms with E-state index in [9.17, 15) is 9.59 Å². The van der Waals surface area contributed by atoms with E-state index in [1.54, 1.807) is 6.21 Å². The van der Waals surface area contributed by atoms with Crippen LogP contribution in [-0.2, 0) is 9.59 Å². The maximum atomic E-state index is 12.6. The highest BCUT2D eigenvalue weighted by atomic mass is 127. The van der Waals surface area contributed by atoms with E-state index in [0.29, 0.717) is 0 Å². The predicted molar refractivity (Wildman–Crippen MR) is 90.9 cm³/mol. The maximum absolute atomic E-state index is 12.6. The first-order valence-electron chi connectivity index (χ1n) is 7.51. The van der Waals surface area contributed by atoms with Gasteiger partial charge in [-0.25, -0.2) is 0 Å². The maximum Gasteiger partial charge on any atom is 0.254 e. The molecule has 4 atom stereocenters. The summed E-state index contributed by atoms with van der Waals surface area (Å²) in [5, 5.41) is 5.32. The van der Waals surface area contributed by atoms with Crippen LogP contribution in [0.3, 0.4) is 0 Å². The van der Waals surface area contributed by atoms with E-state index in [2.05, 4.69) is 39.8 Å². The van der Waals surface area contributed by atoms with Crippen molar-refractivity contribution in [2.24, 2.45) is 28.8 Å². The molecule has 1 saturated heterocycles. The lowest BCUT2D eigenvalue weighted by atomic mass is 9.63. The molecule has 0 unspecified atom stereocenters. The second kappa shape index (κ2) is 5.30. The predicted octanol–water partition coefficient (Wildman–Crippen LogP) is 2.82. The van der Waals surface area contributed by atoms with Gasteiger partial charge in [0.2, 0.25) is 0 Å². The fourth-order valence-electron chi connectivity index (χ4n) is 3.87. The molecular weight excluding hydrogens is 391 g/mol. The summed E-state index contributed by atoms with van der Waals surface area (Å²) < 4.78 is 1.04. The summed E-state index contributed by atoms with van der Waals surface area (Å²) in [5.41, 5.74) is 0.916. The van der Waals surface area contributed by atoms with Crippen LogP contribution in [0.15, 0.2) is 41.5 Å². The number of hydrogen-bond acceptors (Lipinski definition) is 3. The van der Waals surface area contributed by atoms with Gasteiger partial charge < -0.3 is 0 Å². The molecule has 4 aliphatic rings. The minimum Gasteiger partial charge on any atom is -0.272 e. The van der Waals surface area contributed by atoms with Gasteiger partial charge in [0.05, 0.1) is 18.1 Å². The third kappa shape index (κ3) is 2.06. The fourth-order valence-corrected chi connectivity index (χ4v) is 4.40. The minimum absolute atomic E-state index is 0.128. The van der Waals surface area contributed by atoms with Crippen LogP contribution in [0.5, 0.6) is 0 Å². The van der Waals surface area contributed by atoms with E-state index in [0.717, 1.165) is 27.0 Å². The Balaban J connectivity index is 1.63. The quantitative estimate of drug-likeness (QED) is 0.328. The lowest BCUT2D eigenvalue weighted by molar-refractivity contribution is -0.140. The molecule has 1 aromatic carbocycles. The Labute approximate surface area is 142 Å². The molecule has 5 rings (SSSR count). The molecule has 112 valence electrons. The summed E-state index contributed by atoms with van der Waals surface area (Å²) in [6.07, 6.45) is 7.87. The van der Waals surface area contributed by atoms with Crippen molar-refractivity contribution in [1.82, 2.24) is 5.01 Å². The first kappa shape index (κ1) is 14.1. The lowest BCUT2D eigenvalue weighted by Crippen LogP contribution is -2.38. The largest absolute Gasteiger partial charge is 0.272 e. The molecule has 1 aromatic rings. The van der Waals surface area contributed by atoms with Crippen molar-refractivity contribution in [3.63, 3.8) is 0 Å². The fraction of sp³-hybridized carbons (Fsp3) is 0.353. The van der Waals surface area contributed by atoms with Crippen molar-refractivity contribution in [3.8, 4) is 0 Å². The number of allylic oxidation sites excluding steroid dienone is 2. The van der Waals surface area contributed by atoms with Crippen molar-refractivity contribution in [2.75, 3.05) is 0 Å². The highest BCUT2D eigenvalue weighted by molar-refractivity contribution is 14.1. The molecule has 0 spiro atoms. The average Bonchev–Trinajstić information content (AvgIpc) is 2.82. The third-order valence-corrected chi connectivity index (χ3v) is 5.94. The zero-order valence-electron chi connectivity index (χ0n) is 11.9. The molecule has 0 aromatic heterocycles. The zero-order valence-corrected chi connectivity index (χ0v) is 14.0. The Morgan fingerprint density at radius 3 is 2.18 bits per heavy atom. The summed E-state index contributed by atoms with van der Waals surface area (Å²) in [5.74, 6) is -0.217. The number of carbonyl (C=O) groups is 2. The van der Waals surface area contributed by atoms with E-state index in [1.807, 2.05) is 24.3 Å². The van der Waals surface area contributed by atoms with Gasteiger partial charge >= 0.3 is 0 Å². The van der Waals surface area contributed by atoms with Gasteiger partial charge in [-0.05, 0) is 53.3 Å². The van der Waals surface area contributed by atoms with Gasteiger partial charge in [0.25, 0.3) is 11.8 Å². The SMILES string of the molecule is O=C1[C@H]2[C@H](C(=O)N1/N=C\c1ccccc1I)[C@@H]1C=C[C@@H]2CC1. The van der Waals surface area contributed by atoms with Crippen LogP contribution in [0.2, 0.25) is 0 Å². The van der Waals surface area contributed by atoms with E-state index < -0.39 is 0 Å². The second-order valence-corrected chi connectivity index (χ2v) is 7.26. The molecule has 2 amide bonds. The molecule has 2 bridgehead atoms. The van der Waals surface area contributed by atoms with Crippen molar-refractivity contribution in [2.45, 2.75) is 12.8 Å². The highest BCUT2D eigenvalue weighted by Crippen LogP contribution is 2.49. The van der Waals surface area contributed by atoms with Gasteiger partial charge in [-0.3, -0.25) is 9.59 Å². The van der Waals surface area contributed by atoms with Gasteiger partial charge in [0, 0.05) is 9.13 Å². The number of nitrogens with zero attached hydrogens (tertiary/aromatic N) is 2. The number of hydrogen-bond donors (Lipinski definition) is 0. The third-order valence-electron chi connectivity index (χ3n) is 4.95. The summed E-state index contributed by atoms with van der Waals surface area (Å²) in [6.45, 7) is 0. The van der Waals surface area contributed by atoms with Crippen LogP contribution in [0.25, 0.3) is 0 Å². The summed E-state index contributed by atoms with van der Waals surface area (Å²) >= 11 is 2.22. The number of rotatable bonds is 2. The molecule has 1 saturated carbocycles. The number of amides is 2. The summed E-state index contributed by atoms with van der Waals surface area (Å²) in [7, 11) is 0. The summed E-state index contributed by atoms with van der Waals surface area (Å²) in [4.78, 5) is 25.2. The van der Waals surface area contributed by atoms with E-state index >= 15 is 0 Å². The van der Waals surface area contributed by atoms with Crippen molar-refractivity contribution < 1.29 is 9.59 Å². The van der Waals surface area contributed by atoms with E-state index in [1.165, 1.54) is 0 Å². The van der Waals surface area contributed by atoms with Gasteiger partial charge in [0.15, 0.2) is 0 Å². The Hall–Kier alpha value is -1.50. The van der Waals surface area contributed by atoms with Crippen molar-refractivity contribution >= 4 is 40.6 Å². The average molecular weight is 406 g/mol. The minimum atomic E-state index is -0.191. The highest BCUT2D eigenvalue weighted by Gasteiger charge is 2.56. The van der Waals surface area contributed by atoms with Gasteiger partial charge in [-0.2, -0.15) is 10.1 Å². The molecule has 0 radical (unpaired) electrons. The molecule has 1 heterocycles. The Morgan fingerprint density at radius 2 is 1.64 bits per heavy atom. The first-order valence-corrected chi connectivity index (χ1v) is 8.59. The molecule has 1 aliphatic heterocycles. The summed E-state index contributed by atoms with van der Waals surface area (Å²) in [6, 6.07) is 7.76.